The van der Waals surface area contributed by atoms with E-state index in [0.29, 0.717) is 0 Å². The predicted octanol–water partition coefficient (Wildman–Crippen LogP) is 5.51. The van der Waals surface area contributed by atoms with Crippen molar-refractivity contribution in [3.05, 3.63) is 0 Å². The summed E-state index contributed by atoms with van der Waals surface area (Å²) in [5.74, 6) is -3.82. The molecule has 25 heavy (non-hydrogen) atoms. The van der Waals surface area contributed by atoms with Crippen molar-refractivity contribution < 1.29 is 57.8 Å². The van der Waals surface area contributed by atoms with E-state index in [0.717, 1.165) is 0 Å². The molecule has 154 valence electrons. The van der Waals surface area contributed by atoms with Crippen LogP contribution in [0.1, 0.15) is 13.8 Å². The maximum atomic E-state index is 13.4. The lowest BCUT2D eigenvalue weighted by molar-refractivity contribution is -0.352. The number of ether oxygens (including phenoxy) is 2. The van der Waals surface area contributed by atoms with Crippen LogP contribution in [-0.2, 0) is 9.47 Å². The van der Waals surface area contributed by atoms with Crippen LogP contribution in [0.4, 0.5) is 48.3 Å². The summed E-state index contributed by atoms with van der Waals surface area (Å²) in [6.07, 6.45) is -15.3. The summed E-state index contributed by atoms with van der Waals surface area (Å²) < 4.78 is 133. The van der Waals surface area contributed by atoms with Gasteiger partial charge < -0.3 is 4.74 Å². The van der Waals surface area contributed by atoms with Crippen LogP contribution in [0, 0.1) is 0 Å². The van der Waals surface area contributed by atoms with E-state index in [4.69, 9.17) is 0 Å². The van der Waals surface area contributed by atoms with Crippen molar-refractivity contribution in [1.29, 1.82) is 0 Å². The normalized spacial score (nSPS) is 16.9. The van der Waals surface area contributed by atoms with Gasteiger partial charge in [0.05, 0.1) is 0 Å². The molecule has 2 unspecified atom stereocenters. The molecule has 0 saturated heterocycles. The van der Waals surface area contributed by atoms with E-state index < -0.39 is 52.9 Å². The number of alkyl halides is 11. The SMILES string of the molecule is CC(C)[SiH](C)CC(F)(OCF)C(F)(F)F.FC(F)(F)COC(F)(F)F. The highest BCUT2D eigenvalue weighted by molar-refractivity contribution is 6.59. The first-order chi connectivity index (χ1) is 10.8. The van der Waals surface area contributed by atoms with Gasteiger partial charge >= 0.3 is 24.6 Å². The highest BCUT2D eigenvalue weighted by Gasteiger charge is 2.58. The molecule has 0 amide bonds. The van der Waals surface area contributed by atoms with Gasteiger partial charge in [-0.1, -0.05) is 25.9 Å². The van der Waals surface area contributed by atoms with Crippen molar-refractivity contribution in [2.45, 2.75) is 56.5 Å². The molecule has 0 radical (unpaired) electrons. The molecular formula is C11H17F11O2Si. The summed E-state index contributed by atoms with van der Waals surface area (Å²) in [6.45, 7) is 0.990. The maximum absolute atomic E-state index is 13.4. The number of rotatable bonds is 6. The molecule has 0 aliphatic carbocycles. The lowest BCUT2D eigenvalue weighted by atomic mass is 10.3. The third-order valence-electron chi connectivity index (χ3n) is 2.83. The van der Waals surface area contributed by atoms with E-state index in [2.05, 4.69) is 9.47 Å². The molecule has 2 nitrogen and oxygen atoms in total. The second-order valence-corrected chi connectivity index (χ2v) is 8.95. The Morgan fingerprint density at radius 2 is 1.28 bits per heavy atom. The van der Waals surface area contributed by atoms with Gasteiger partial charge in [-0.25, -0.2) is 8.78 Å². The molecule has 14 heteroatoms. The smallest absolute Gasteiger partial charge is 0.307 e. The van der Waals surface area contributed by atoms with E-state index in [-0.39, 0.29) is 5.54 Å². The summed E-state index contributed by atoms with van der Waals surface area (Å²) in [5, 5.41) is 0. The molecule has 0 bridgehead atoms. The van der Waals surface area contributed by atoms with Crippen LogP contribution in [0.15, 0.2) is 0 Å². The first-order valence-electron chi connectivity index (χ1n) is 6.57. The quantitative estimate of drug-likeness (QED) is 0.418. The van der Waals surface area contributed by atoms with Crippen molar-refractivity contribution in [1.82, 2.24) is 0 Å². The van der Waals surface area contributed by atoms with Crippen LogP contribution in [0.25, 0.3) is 0 Å². The van der Waals surface area contributed by atoms with E-state index in [1.807, 2.05) is 0 Å². The van der Waals surface area contributed by atoms with Crippen LogP contribution in [-0.4, -0.2) is 46.8 Å². The monoisotopic (exact) mass is 418 g/mol. The second kappa shape index (κ2) is 9.90. The van der Waals surface area contributed by atoms with Crippen molar-refractivity contribution in [3.63, 3.8) is 0 Å². The van der Waals surface area contributed by atoms with Crippen LogP contribution >= 0.6 is 0 Å². The van der Waals surface area contributed by atoms with E-state index >= 15 is 0 Å². The molecule has 0 aromatic heterocycles. The highest BCUT2D eigenvalue weighted by atomic mass is 28.3. The van der Waals surface area contributed by atoms with Gasteiger partial charge in [0.2, 0.25) is 0 Å². The molecule has 0 N–H and O–H groups in total. The topological polar surface area (TPSA) is 18.5 Å². The zero-order valence-corrected chi connectivity index (χ0v) is 14.4. The fourth-order valence-electron chi connectivity index (χ4n) is 1.16. The van der Waals surface area contributed by atoms with Gasteiger partial charge in [0.25, 0.3) is 0 Å². The minimum atomic E-state index is -5.21. The molecule has 0 saturated carbocycles. The van der Waals surface area contributed by atoms with E-state index in [1.165, 1.54) is 0 Å². The molecule has 0 heterocycles. The molecule has 2 atom stereocenters. The summed E-state index contributed by atoms with van der Waals surface area (Å²) in [6, 6.07) is -0.752. The average molecular weight is 418 g/mol. The average Bonchev–Trinajstić information content (AvgIpc) is 2.34. The maximum Gasteiger partial charge on any atom is 0.522 e. The van der Waals surface area contributed by atoms with Gasteiger partial charge in [-0.3, -0.25) is 4.74 Å². The Bertz CT molecular complexity index is 353. The van der Waals surface area contributed by atoms with Crippen molar-refractivity contribution in [2.75, 3.05) is 13.5 Å². The fourth-order valence-corrected chi connectivity index (χ4v) is 2.81. The first-order valence-corrected chi connectivity index (χ1v) is 9.21. The van der Waals surface area contributed by atoms with Crippen molar-refractivity contribution in [2.24, 2.45) is 0 Å². The molecule has 0 aromatic carbocycles. The van der Waals surface area contributed by atoms with Crippen LogP contribution in [0.3, 0.4) is 0 Å². The van der Waals surface area contributed by atoms with Crippen molar-refractivity contribution >= 4 is 8.80 Å². The Morgan fingerprint density at radius 1 is 0.840 bits per heavy atom. The van der Waals surface area contributed by atoms with E-state index in [9.17, 15) is 48.3 Å². The lowest BCUT2D eigenvalue weighted by Crippen LogP contribution is -2.46. The van der Waals surface area contributed by atoms with Gasteiger partial charge in [-0.15, -0.1) is 13.2 Å². The lowest BCUT2D eigenvalue weighted by Gasteiger charge is -2.29. The molecule has 0 aromatic rings. The molecule has 0 rings (SSSR count). The third kappa shape index (κ3) is 13.3. The predicted molar refractivity (Wildman–Crippen MR) is 67.9 cm³/mol. The second-order valence-electron chi connectivity index (χ2n) is 5.25. The summed E-state index contributed by atoms with van der Waals surface area (Å²) in [4.78, 5) is 0. The number of halogens is 11. The van der Waals surface area contributed by atoms with Gasteiger partial charge in [0, 0.05) is 14.8 Å². The van der Waals surface area contributed by atoms with Crippen molar-refractivity contribution in [3.8, 4) is 0 Å². The van der Waals surface area contributed by atoms with Crippen LogP contribution < -0.4 is 0 Å². The summed E-state index contributed by atoms with van der Waals surface area (Å²) >= 11 is 0. The Balaban J connectivity index is 0. The van der Waals surface area contributed by atoms with Gasteiger partial charge in [0.1, 0.15) is 0 Å². The zero-order chi connectivity index (χ0) is 20.7. The van der Waals surface area contributed by atoms with Crippen LogP contribution in [0.2, 0.25) is 18.1 Å². The molecule has 0 fully saturated rings. The molecular weight excluding hydrogens is 401 g/mol. The van der Waals surface area contributed by atoms with Crippen LogP contribution in [0.5, 0.6) is 0 Å². The Morgan fingerprint density at radius 3 is 1.48 bits per heavy atom. The fraction of sp³-hybridized carbons (Fsp3) is 1.00. The van der Waals surface area contributed by atoms with Gasteiger partial charge in [-0.2, -0.15) is 26.3 Å². The largest absolute Gasteiger partial charge is 0.522 e. The molecule has 0 aliphatic heterocycles. The summed E-state index contributed by atoms with van der Waals surface area (Å²) in [5.41, 5.74) is 0.00527. The molecule has 0 spiro atoms. The minimum Gasteiger partial charge on any atom is -0.307 e. The van der Waals surface area contributed by atoms with Gasteiger partial charge in [-0.05, 0) is 0 Å². The number of hydrogen-bond acceptors (Lipinski definition) is 2. The number of hydrogen-bond donors (Lipinski definition) is 0. The first kappa shape index (κ1) is 26.6. The standard InChI is InChI=1S/C8H15F5OSi.C3H2F6O/c1-6(2)15(3)4-7(10,14-5-9)8(11,12)13;4-2(5,6)1-10-3(7,8)9/h6,15H,4-5H2,1-3H3;1H2. The summed E-state index contributed by atoms with van der Waals surface area (Å²) in [7, 11) is -1.92. The van der Waals surface area contributed by atoms with E-state index in [1.54, 1.807) is 20.4 Å². The molecule has 0 aliphatic rings. The Kier molecular flexibility index (Phi) is 10.5. The Hall–Kier alpha value is -0.633. The highest BCUT2D eigenvalue weighted by Crippen LogP contribution is 2.40. The Labute approximate surface area is 137 Å². The van der Waals surface area contributed by atoms with Gasteiger partial charge in [0.15, 0.2) is 13.5 Å². The minimum absolute atomic E-state index is 0.00527. The zero-order valence-electron chi connectivity index (χ0n) is 13.3. The third-order valence-corrected chi connectivity index (χ3v) is 6.27.